The molecule has 0 radical (unpaired) electrons. The van der Waals surface area contributed by atoms with Crippen molar-refractivity contribution in [2.24, 2.45) is 7.05 Å². The van der Waals surface area contributed by atoms with E-state index in [9.17, 15) is 4.79 Å². The summed E-state index contributed by atoms with van der Waals surface area (Å²) in [7, 11) is 3.63. The normalized spacial score (nSPS) is 17.7. The Morgan fingerprint density at radius 2 is 2.04 bits per heavy atom. The second-order valence-electron chi connectivity index (χ2n) is 6.76. The van der Waals surface area contributed by atoms with Crippen LogP contribution in [-0.4, -0.2) is 46.9 Å². The van der Waals surface area contributed by atoms with Crippen LogP contribution in [0.15, 0.2) is 36.7 Å². The second kappa shape index (κ2) is 8.30. The second-order valence-corrected chi connectivity index (χ2v) is 6.76. The predicted molar refractivity (Wildman–Crippen MR) is 98.4 cm³/mol. The third-order valence-corrected chi connectivity index (χ3v) is 4.94. The van der Waals surface area contributed by atoms with E-state index < -0.39 is 0 Å². The SMILES string of the molecule is COCCC[C@H]1CCCCN1C(=O)c1ccc(-c2cnn(C)c2)cc1. The Morgan fingerprint density at radius 3 is 2.72 bits per heavy atom. The molecular formula is C20H27N3O2. The van der Waals surface area contributed by atoms with Crippen molar-refractivity contribution >= 4 is 5.91 Å². The molecule has 1 aromatic heterocycles. The monoisotopic (exact) mass is 341 g/mol. The number of piperidine rings is 1. The standard InChI is InChI=1S/C20H27N3O2/c1-22-15-18(14-21-22)16-8-10-17(11-9-16)20(24)23-12-4-3-6-19(23)7-5-13-25-2/h8-11,14-15,19H,3-7,12-13H2,1-2H3/t19-/m1/s1. The van der Waals surface area contributed by atoms with Crippen molar-refractivity contribution in [3.63, 3.8) is 0 Å². The third kappa shape index (κ3) is 4.28. The predicted octanol–water partition coefficient (Wildman–Crippen LogP) is 3.51. The highest BCUT2D eigenvalue weighted by molar-refractivity contribution is 5.95. The Bertz CT molecular complexity index is 693. The molecule has 1 aromatic carbocycles. The van der Waals surface area contributed by atoms with Crippen molar-refractivity contribution in [3.05, 3.63) is 42.2 Å². The van der Waals surface area contributed by atoms with Crippen LogP contribution < -0.4 is 0 Å². The van der Waals surface area contributed by atoms with Crippen molar-refractivity contribution in [2.75, 3.05) is 20.3 Å². The number of hydrogen-bond acceptors (Lipinski definition) is 3. The lowest BCUT2D eigenvalue weighted by atomic mass is 9.96. The number of carbonyl (C=O) groups excluding carboxylic acids is 1. The molecule has 1 amide bonds. The molecule has 2 heterocycles. The summed E-state index contributed by atoms with van der Waals surface area (Å²) in [5, 5.41) is 4.20. The first-order valence-electron chi connectivity index (χ1n) is 9.08. The third-order valence-electron chi connectivity index (χ3n) is 4.94. The smallest absolute Gasteiger partial charge is 0.254 e. The number of hydrogen-bond donors (Lipinski definition) is 0. The van der Waals surface area contributed by atoms with Crippen LogP contribution in [0.25, 0.3) is 11.1 Å². The number of aryl methyl sites for hydroxylation is 1. The molecule has 0 bridgehead atoms. The van der Waals surface area contributed by atoms with Crippen LogP contribution in [0.4, 0.5) is 0 Å². The Kier molecular flexibility index (Phi) is 5.87. The Hall–Kier alpha value is -2.14. The first kappa shape index (κ1) is 17.7. The molecule has 0 aliphatic carbocycles. The van der Waals surface area contributed by atoms with Gasteiger partial charge in [-0.05, 0) is 49.8 Å². The maximum absolute atomic E-state index is 13.0. The lowest BCUT2D eigenvalue weighted by molar-refractivity contribution is 0.0585. The highest BCUT2D eigenvalue weighted by atomic mass is 16.5. The van der Waals surface area contributed by atoms with Gasteiger partial charge in [0.2, 0.25) is 0 Å². The summed E-state index contributed by atoms with van der Waals surface area (Å²) in [5.74, 6) is 0.153. The highest BCUT2D eigenvalue weighted by Gasteiger charge is 2.27. The van der Waals surface area contributed by atoms with Gasteiger partial charge in [0.25, 0.3) is 5.91 Å². The Morgan fingerprint density at radius 1 is 1.24 bits per heavy atom. The number of nitrogens with zero attached hydrogens (tertiary/aromatic N) is 3. The van der Waals surface area contributed by atoms with Crippen LogP contribution in [0, 0.1) is 0 Å². The topological polar surface area (TPSA) is 47.4 Å². The van der Waals surface area contributed by atoms with Gasteiger partial charge in [-0.2, -0.15) is 5.10 Å². The number of aromatic nitrogens is 2. The molecule has 3 rings (SSSR count). The van der Waals surface area contributed by atoms with Gasteiger partial charge >= 0.3 is 0 Å². The summed E-state index contributed by atoms with van der Waals surface area (Å²) in [6.07, 6.45) is 9.25. The molecule has 0 saturated carbocycles. The highest BCUT2D eigenvalue weighted by Crippen LogP contribution is 2.24. The minimum Gasteiger partial charge on any atom is -0.385 e. The fraction of sp³-hybridized carbons (Fsp3) is 0.500. The van der Waals surface area contributed by atoms with Crippen LogP contribution >= 0.6 is 0 Å². The fourth-order valence-corrected chi connectivity index (χ4v) is 3.57. The molecule has 1 aliphatic rings. The first-order chi connectivity index (χ1) is 12.2. The van der Waals surface area contributed by atoms with Gasteiger partial charge in [0.15, 0.2) is 0 Å². The quantitative estimate of drug-likeness (QED) is 0.756. The van der Waals surface area contributed by atoms with E-state index >= 15 is 0 Å². The van der Waals surface area contributed by atoms with Crippen LogP contribution in [0.1, 0.15) is 42.5 Å². The van der Waals surface area contributed by atoms with E-state index in [1.807, 2.05) is 43.7 Å². The van der Waals surface area contributed by atoms with Gasteiger partial charge in [-0.3, -0.25) is 9.48 Å². The Labute approximate surface area is 149 Å². The molecule has 0 unspecified atom stereocenters. The molecule has 5 heteroatoms. The van der Waals surface area contributed by atoms with E-state index in [1.165, 1.54) is 6.42 Å². The summed E-state index contributed by atoms with van der Waals surface area (Å²) < 4.78 is 6.94. The van der Waals surface area contributed by atoms with E-state index in [0.717, 1.165) is 55.5 Å². The molecule has 25 heavy (non-hydrogen) atoms. The number of amides is 1. The fourth-order valence-electron chi connectivity index (χ4n) is 3.57. The zero-order chi connectivity index (χ0) is 17.6. The summed E-state index contributed by atoms with van der Waals surface area (Å²) in [4.78, 5) is 15.0. The van der Waals surface area contributed by atoms with Gasteiger partial charge in [0, 0.05) is 50.7 Å². The van der Waals surface area contributed by atoms with Crippen LogP contribution in [-0.2, 0) is 11.8 Å². The first-order valence-corrected chi connectivity index (χ1v) is 9.08. The molecule has 1 atom stereocenters. The number of ether oxygens (including phenoxy) is 1. The van der Waals surface area contributed by atoms with Crippen molar-refractivity contribution in [3.8, 4) is 11.1 Å². The summed E-state index contributed by atoms with van der Waals surface area (Å²) in [5.41, 5.74) is 2.92. The molecule has 0 spiro atoms. The zero-order valence-corrected chi connectivity index (χ0v) is 15.1. The van der Waals surface area contributed by atoms with Gasteiger partial charge < -0.3 is 9.64 Å². The number of rotatable bonds is 6. The van der Waals surface area contributed by atoms with Gasteiger partial charge in [-0.1, -0.05) is 12.1 Å². The average molecular weight is 341 g/mol. The summed E-state index contributed by atoms with van der Waals surface area (Å²) in [6.45, 7) is 1.62. The zero-order valence-electron chi connectivity index (χ0n) is 15.1. The van der Waals surface area contributed by atoms with Gasteiger partial charge in [0.1, 0.15) is 0 Å². The molecule has 2 aromatic rings. The van der Waals surface area contributed by atoms with Gasteiger partial charge in [0.05, 0.1) is 6.20 Å². The van der Waals surface area contributed by atoms with Crippen LogP contribution in [0.2, 0.25) is 0 Å². The molecule has 5 nitrogen and oxygen atoms in total. The molecule has 0 N–H and O–H groups in total. The van der Waals surface area contributed by atoms with E-state index in [1.54, 1.807) is 11.8 Å². The minimum atomic E-state index is 0.153. The summed E-state index contributed by atoms with van der Waals surface area (Å²) in [6, 6.07) is 8.23. The number of methoxy groups -OCH3 is 1. The number of likely N-dealkylation sites (tertiary alicyclic amines) is 1. The van der Waals surface area contributed by atoms with Gasteiger partial charge in [-0.25, -0.2) is 0 Å². The number of benzene rings is 1. The largest absolute Gasteiger partial charge is 0.385 e. The van der Waals surface area contributed by atoms with Crippen molar-refractivity contribution in [1.82, 2.24) is 14.7 Å². The maximum Gasteiger partial charge on any atom is 0.254 e. The maximum atomic E-state index is 13.0. The van der Waals surface area contributed by atoms with E-state index in [-0.39, 0.29) is 5.91 Å². The summed E-state index contributed by atoms with van der Waals surface area (Å²) >= 11 is 0. The van der Waals surface area contributed by atoms with E-state index in [2.05, 4.69) is 10.00 Å². The molecule has 1 saturated heterocycles. The molecular weight excluding hydrogens is 314 g/mol. The van der Waals surface area contributed by atoms with Crippen molar-refractivity contribution in [2.45, 2.75) is 38.1 Å². The molecule has 1 aliphatic heterocycles. The number of carbonyl (C=O) groups is 1. The van der Waals surface area contributed by atoms with Crippen LogP contribution in [0.3, 0.4) is 0 Å². The van der Waals surface area contributed by atoms with Crippen molar-refractivity contribution < 1.29 is 9.53 Å². The molecule has 1 fully saturated rings. The molecule has 134 valence electrons. The van der Waals surface area contributed by atoms with Crippen LogP contribution in [0.5, 0.6) is 0 Å². The van der Waals surface area contributed by atoms with E-state index in [4.69, 9.17) is 4.74 Å². The van der Waals surface area contributed by atoms with Crippen molar-refractivity contribution in [1.29, 1.82) is 0 Å². The van der Waals surface area contributed by atoms with E-state index in [0.29, 0.717) is 6.04 Å². The Balaban J connectivity index is 1.70. The average Bonchev–Trinajstić information content (AvgIpc) is 3.08. The van der Waals surface area contributed by atoms with Gasteiger partial charge in [-0.15, -0.1) is 0 Å². The lowest BCUT2D eigenvalue weighted by Gasteiger charge is -2.36. The lowest BCUT2D eigenvalue weighted by Crippen LogP contribution is -2.43. The minimum absolute atomic E-state index is 0.153.